The minimum atomic E-state index is -3.96. The minimum absolute atomic E-state index is 0.00576. The zero-order valence-electron chi connectivity index (χ0n) is 43.6. The topological polar surface area (TPSA) is 300 Å². The molecule has 24 heteroatoms. The molecule has 79 heavy (non-hydrogen) atoms. The SMILES string of the molecule is Cn1cc(-c2cc(NS(C)(=O)=O)c(C(=O)NCCCCCN3CCC(Nc4cccc5c4CN(C4CCC(=O)NC4=O)C5=O)CC3)cc2Oc2ccccc2)c2cc(C(=O)NCCNC(=O)CCN3C(=O)C=CC3=O)[nH]c2c1=O. The molecular weight excluding hydrogens is 1040 g/mol. The number of unbranched alkanes of at least 4 members (excludes halogenated alkanes) is 2. The van der Waals surface area contributed by atoms with Crippen molar-refractivity contribution >= 4 is 79.6 Å². The maximum absolute atomic E-state index is 14.1. The van der Waals surface area contributed by atoms with Gasteiger partial charge in [-0.1, -0.05) is 30.7 Å². The second kappa shape index (κ2) is 23.9. The van der Waals surface area contributed by atoms with Crippen molar-refractivity contribution in [3.63, 3.8) is 0 Å². The van der Waals surface area contributed by atoms with Crippen LogP contribution in [0.3, 0.4) is 0 Å². The number of aromatic amines is 1. The lowest BCUT2D eigenvalue weighted by molar-refractivity contribution is -0.138. The molecule has 2 saturated heterocycles. The normalized spacial score (nSPS) is 16.8. The summed E-state index contributed by atoms with van der Waals surface area (Å²) in [5, 5.41) is 14.6. The Hall–Kier alpha value is -8.64. The first-order valence-corrected chi connectivity index (χ1v) is 28.0. The quantitative estimate of drug-likeness (QED) is 0.0387. The van der Waals surface area contributed by atoms with Crippen LogP contribution in [0.5, 0.6) is 11.5 Å². The van der Waals surface area contributed by atoms with Crippen molar-refractivity contribution in [3.8, 4) is 22.6 Å². The van der Waals surface area contributed by atoms with E-state index in [9.17, 15) is 51.6 Å². The Labute approximate surface area is 454 Å². The highest BCUT2D eigenvalue weighted by Gasteiger charge is 2.40. The van der Waals surface area contributed by atoms with Crippen LogP contribution < -0.4 is 41.6 Å². The monoisotopic (exact) mass is 1100 g/mol. The number of sulfonamides is 1. The fourth-order valence-electron chi connectivity index (χ4n) is 10.2. The standard InChI is InChI=1S/C55H61N11O12S/c1-63-31-39(37-29-43(60-50(37)55(63)75)52(72)58-23-22-56-46(67)20-27-65-48(69)16-17-49(65)70)36-28-42(62-79(2,76)77)38(30-45(36)78-34-10-5-3-6-11-34)51(71)57-21-7-4-8-24-64-25-18-33(19-26-64)59-41-13-9-12-35-40(41)32-66(54(35)74)44-14-15-47(68)61-53(44)73/h3,5-6,9-13,16-17,28-31,33,44,59-60,62H,4,7-8,14-15,18-27,32H2,1-2H3,(H,56,67)(H,57,71)(H,58,72)(H,61,68,73). The molecule has 2 aromatic heterocycles. The van der Waals surface area contributed by atoms with Crippen LogP contribution in [0.15, 0.2) is 89.9 Å². The number of imide groups is 2. The number of rotatable bonds is 22. The third kappa shape index (κ3) is 13.0. The maximum atomic E-state index is 14.1. The zero-order chi connectivity index (χ0) is 56.0. The number of anilines is 2. The molecule has 4 aliphatic rings. The van der Waals surface area contributed by atoms with E-state index in [0.29, 0.717) is 48.2 Å². The second-order valence-electron chi connectivity index (χ2n) is 19.9. The first kappa shape index (κ1) is 55.1. The van der Waals surface area contributed by atoms with Gasteiger partial charge in [0.15, 0.2) is 0 Å². The fraction of sp³-hybridized carbons (Fsp3) is 0.364. The number of amides is 8. The van der Waals surface area contributed by atoms with Gasteiger partial charge in [-0.3, -0.25) is 58.1 Å². The van der Waals surface area contributed by atoms with Crippen molar-refractivity contribution in [2.24, 2.45) is 7.05 Å². The number of carbonyl (C=O) groups excluding carboxylic acids is 8. The van der Waals surface area contributed by atoms with Gasteiger partial charge in [0, 0.05) is 123 Å². The minimum Gasteiger partial charge on any atom is -0.457 e. The number of piperidine rings is 2. The maximum Gasteiger partial charge on any atom is 0.274 e. The van der Waals surface area contributed by atoms with Gasteiger partial charge in [0.1, 0.15) is 28.8 Å². The number of hydrogen-bond donors (Lipinski definition) is 7. The summed E-state index contributed by atoms with van der Waals surface area (Å²) in [5.74, 6) is -3.03. The van der Waals surface area contributed by atoms with Gasteiger partial charge in [-0.15, -0.1) is 0 Å². The lowest BCUT2D eigenvalue weighted by Crippen LogP contribution is -2.52. The Morgan fingerprint density at radius 3 is 2.23 bits per heavy atom. The zero-order valence-corrected chi connectivity index (χ0v) is 44.5. The summed E-state index contributed by atoms with van der Waals surface area (Å²) >= 11 is 0. The largest absolute Gasteiger partial charge is 0.457 e. The van der Waals surface area contributed by atoms with E-state index in [-0.39, 0.29) is 84.1 Å². The summed E-state index contributed by atoms with van der Waals surface area (Å²) < 4.78 is 35.9. The van der Waals surface area contributed by atoms with Crippen molar-refractivity contribution in [1.29, 1.82) is 0 Å². The van der Waals surface area contributed by atoms with Gasteiger partial charge in [0.2, 0.25) is 27.7 Å². The number of nitrogens with zero attached hydrogens (tertiary/aromatic N) is 4. The van der Waals surface area contributed by atoms with Crippen LogP contribution in [0.4, 0.5) is 11.4 Å². The molecule has 2 fully saturated rings. The molecule has 0 bridgehead atoms. The van der Waals surface area contributed by atoms with Crippen LogP contribution in [-0.4, -0.2) is 144 Å². The molecule has 8 amide bonds. The van der Waals surface area contributed by atoms with Crippen molar-refractivity contribution in [1.82, 2.24) is 45.5 Å². The van der Waals surface area contributed by atoms with Crippen LogP contribution in [-0.2, 0) is 47.6 Å². The van der Waals surface area contributed by atoms with Crippen molar-refractivity contribution in [2.45, 2.75) is 70.0 Å². The molecular formula is C55H61N11O12S. The third-order valence-electron chi connectivity index (χ3n) is 14.3. The molecule has 3 aromatic carbocycles. The van der Waals surface area contributed by atoms with E-state index in [4.69, 9.17) is 4.74 Å². The Bertz CT molecular complexity index is 3440. The van der Waals surface area contributed by atoms with E-state index in [2.05, 4.69) is 41.2 Å². The molecule has 414 valence electrons. The van der Waals surface area contributed by atoms with Crippen LogP contribution in [0.25, 0.3) is 22.0 Å². The molecule has 1 unspecified atom stereocenters. The molecule has 23 nitrogen and oxygen atoms in total. The number of carbonyl (C=O) groups is 8. The Morgan fingerprint density at radius 2 is 1.49 bits per heavy atom. The van der Waals surface area contributed by atoms with Gasteiger partial charge in [0.25, 0.3) is 35.1 Å². The summed E-state index contributed by atoms with van der Waals surface area (Å²) in [4.78, 5) is 123. The molecule has 9 rings (SSSR count). The highest BCUT2D eigenvalue weighted by atomic mass is 32.2. The van der Waals surface area contributed by atoms with Gasteiger partial charge < -0.3 is 45.4 Å². The van der Waals surface area contributed by atoms with Gasteiger partial charge in [-0.05, 0) is 81.1 Å². The number of likely N-dealkylation sites (tertiary alicyclic amines) is 1. The predicted octanol–water partition coefficient (Wildman–Crippen LogP) is 3.10. The van der Waals surface area contributed by atoms with Gasteiger partial charge in [0.05, 0.1) is 17.5 Å². The molecule has 1 atom stereocenters. The van der Waals surface area contributed by atoms with Gasteiger partial charge in [-0.2, -0.15) is 0 Å². The van der Waals surface area contributed by atoms with E-state index in [1.165, 1.54) is 36.0 Å². The molecule has 0 radical (unpaired) electrons. The Balaban J connectivity index is 0.814. The average molecular weight is 1100 g/mol. The molecule has 4 aliphatic heterocycles. The number of H-pyrrole nitrogens is 1. The summed E-state index contributed by atoms with van der Waals surface area (Å²) in [6, 6.07) is 18.2. The van der Waals surface area contributed by atoms with Crippen LogP contribution in [0.2, 0.25) is 0 Å². The number of benzene rings is 3. The number of fused-ring (bicyclic) bond motifs is 2. The highest BCUT2D eigenvalue weighted by Crippen LogP contribution is 2.41. The lowest BCUT2D eigenvalue weighted by atomic mass is 9.99. The number of aromatic nitrogens is 2. The smallest absolute Gasteiger partial charge is 0.274 e. The van der Waals surface area contributed by atoms with E-state index < -0.39 is 57.1 Å². The van der Waals surface area contributed by atoms with Crippen molar-refractivity contribution < 1.29 is 51.5 Å². The molecule has 0 saturated carbocycles. The fourth-order valence-corrected chi connectivity index (χ4v) is 10.8. The number of aryl methyl sites for hydroxylation is 1. The number of ether oxygens (including phenoxy) is 1. The number of pyridine rings is 1. The Morgan fingerprint density at radius 1 is 0.759 bits per heavy atom. The molecule has 0 aliphatic carbocycles. The summed E-state index contributed by atoms with van der Waals surface area (Å²) in [5.41, 5.74) is 2.46. The lowest BCUT2D eigenvalue weighted by Gasteiger charge is -2.33. The van der Waals surface area contributed by atoms with Crippen LogP contribution >= 0.6 is 0 Å². The third-order valence-corrected chi connectivity index (χ3v) is 14.9. The van der Waals surface area contributed by atoms with Crippen molar-refractivity contribution in [3.05, 3.63) is 118 Å². The Kier molecular flexibility index (Phi) is 16.7. The van der Waals surface area contributed by atoms with Crippen LogP contribution in [0, 0.1) is 0 Å². The molecule has 5 aromatic rings. The van der Waals surface area contributed by atoms with Crippen molar-refractivity contribution in [2.75, 3.05) is 62.1 Å². The molecule has 0 spiro atoms. The van der Waals surface area contributed by atoms with E-state index in [1.54, 1.807) is 41.3 Å². The van der Waals surface area contributed by atoms with Crippen LogP contribution in [0.1, 0.15) is 88.1 Å². The number of hydrogen-bond acceptors (Lipinski definition) is 14. The molecule has 7 N–H and O–H groups in total. The summed E-state index contributed by atoms with van der Waals surface area (Å²) in [7, 11) is -2.44. The van der Waals surface area contributed by atoms with E-state index >= 15 is 0 Å². The molecule has 6 heterocycles. The number of nitrogens with one attached hydrogen (secondary N) is 7. The number of para-hydroxylation sites is 1. The summed E-state index contributed by atoms with van der Waals surface area (Å²) in [6.07, 6.45) is 9.23. The first-order valence-electron chi connectivity index (χ1n) is 26.1. The predicted molar refractivity (Wildman–Crippen MR) is 292 cm³/mol. The second-order valence-corrected chi connectivity index (χ2v) is 21.7. The highest BCUT2D eigenvalue weighted by molar-refractivity contribution is 7.92. The van der Waals surface area contributed by atoms with E-state index in [1.807, 2.05) is 12.1 Å². The van der Waals surface area contributed by atoms with Gasteiger partial charge in [-0.25, -0.2) is 8.42 Å². The first-order chi connectivity index (χ1) is 37.9. The van der Waals surface area contributed by atoms with E-state index in [0.717, 1.165) is 79.9 Å². The average Bonchev–Trinajstić information content (AvgIpc) is 4.30. The summed E-state index contributed by atoms with van der Waals surface area (Å²) in [6.45, 7) is 3.12. The van der Waals surface area contributed by atoms with Gasteiger partial charge >= 0.3 is 0 Å².